The van der Waals surface area contributed by atoms with Crippen LogP contribution in [0.3, 0.4) is 0 Å². The first-order valence-electron chi connectivity index (χ1n) is 11.0. The van der Waals surface area contributed by atoms with Gasteiger partial charge in [0.2, 0.25) is 0 Å². The van der Waals surface area contributed by atoms with Gasteiger partial charge >= 0.3 is 11.8 Å². The van der Waals surface area contributed by atoms with Gasteiger partial charge in [0.1, 0.15) is 5.60 Å². The number of rotatable bonds is 5. The summed E-state index contributed by atoms with van der Waals surface area (Å²) in [6.45, 7) is 8.50. The molecule has 2 aliphatic rings. The topological polar surface area (TPSA) is 94.4 Å². The average molecular weight is 514 g/mol. The number of carbonyl (C=O) groups is 1. The Kier molecular flexibility index (Phi) is 7.87. The number of nitro benzene ring substituents is 1. The average Bonchev–Trinajstić information content (AvgIpc) is 2.73. The molecule has 0 radical (unpaired) electrons. The van der Waals surface area contributed by atoms with Gasteiger partial charge in [0.15, 0.2) is 5.75 Å². The van der Waals surface area contributed by atoms with Crippen LogP contribution >= 0.6 is 15.9 Å². The number of amides is 1. The van der Waals surface area contributed by atoms with E-state index >= 15 is 0 Å². The van der Waals surface area contributed by atoms with Crippen molar-refractivity contribution >= 4 is 33.4 Å². The molecule has 0 bridgehead atoms. The summed E-state index contributed by atoms with van der Waals surface area (Å²) >= 11 is 3.47. The number of piperidine rings is 2. The second-order valence-corrected chi connectivity index (χ2v) is 10.1. The summed E-state index contributed by atoms with van der Waals surface area (Å²) in [5.41, 5.74) is 0.344. The third-order valence-corrected chi connectivity index (χ3v) is 6.34. The van der Waals surface area contributed by atoms with E-state index in [-0.39, 0.29) is 29.7 Å². The first-order chi connectivity index (χ1) is 15.1. The minimum atomic E-state index is -0.485. The summed E-state index contributed by atoms with van der Waals surface area (Å²) in [5.74, 6) is 0.253. The van der Waals surface area contributed by atoms with Crippen LogP contribution in [0.2, 0.25) is 0 Å². The summed E-state index contributed by atoms with van der Waals surface area (Å²) in [4.78, 5) is 26.9. The van der Waals surface area contributed by atoms with Crippen LogP contribution < -0.4 is 9.64 Å². The molecule has 32 heavy (non-hydrogen) atoms. The number of halogens is 1. The maximum atomic E-state index is 12.2. The molecule has 0 aliphatic carbocycles. The van der Waals surface area contributed by atoms with Crippen LogP contribution in [0.4, 0.5) is 16.2 Å². The Morgan fingerprint density at radius 1 is 1.09 bits per heavy atom. The summed E-state index contributed by atoms with van der Waals surface area (Å²) in [7, 11) is 1.44. The molecule has 0 saturated carbocycles. The maximum absolute atomic E-state index is 12.2. The zero-order valence-corrected chi connectivity index (χ0v) is 20.7. The molecule has 2 heterocycles. The van der Waals surface area contributed by atoms with Gasteiger partial charge in [-0.2, -0.15) is 0 Å². The van der Waals surface area contributed by atoms with E-state index in [1.54, 1.807) is 11.0 Å². The molecule has 1 aromatic carbocycles. The normalized spacial score (nSPS) is 18.5. The van der Waals surface area contributed by atoms with Gasteiger partial charge in [0, 0.05) is 42.8 Å². The second kappa shape index (κ2) is 10.2. The number of nitrogens with zero attached hydrogens (tertiary/aromatic N) is 3. The van der Waals surface area contributed by atoms with Crippen molar-refractivity contribution in [3.05, 3.63) is 26.7 Å². The standard InChI is InChI=1S/C22H32BrN3O6/c1-22(2,3)32-21(27)25-11-7-16(8-12-25)31-15-5-9-24(10-6-15)18-14-20(30-4)19(26(28)29)13-17(18)23/h13-16H,5-12H2,1-4H3. The number of ether oxygens (including phenoxy) is 3. The van der Waals surface area contributed by atoms with Crippen molar-refractivity contribution in [1.29, 1.82) is 0 Å². The fourth-order valence-electron chi connectivity index (χ4n) is 4.09. The largest absolute Gasteiger partial charge is 0.490 e. The monoisotopic (exact) mass is 513 g/mol. The van der Waals surface area contributed by atoms with Crippen molar-refractivity contribution in [2.24, 2.45) is 0 Å². The lowest BCUT2D eigenvalue weighted by molar-refractivity contribution is -0.385. The number of methoxy groups -OCH3 is 1. The number of carbonyl (C=O) groups excluding carboxylic acids is 1. The van der Waals surface area contributed by atoms with Gasteiger partial charge in [-0.3, -0.25) is 10.1 Å². The Bertz CT molecular complexity index is 828. The molecule has 2 saturated heterocycles. The highest BCUT2D eigenvalue weighted by Crippen LogP contribution is 2.39. The number of hydrogen-bond donors (Lipinski definition) is 0. The third kappa shape index (κ3) is 6.25. The number of hydrogen-bond acceptors (Lipinski definition) is 7. The van der Waals surface area contributed by atoms with Gasteiger partial charge in [0.05, 0.1) is 29.9 Å². The molecule has 0 atom stereocenters. The van der Waals surface area contributed by atoms with Crippen molar-refractivity contribution in [3.63, 3.8) is 0 Å². The van der Waals surface area contributed by atoms with Crippen LogP contribution in [0.5, 0.6) is 5.75 Å². The Labute approximate surface area is 197 Å². The van der Waals surface area contributed by atoms with E-state index in [0.717, 1.165) is 44.5 Å². The number of anilines is 1. The lowest BCUT2D eigenvalue weighted by atomic mass is 10.0. The fourth-order valence-corrected chi connectivity index (χ4v) is 4.67. The lowest BCUT2D eigenvalue weighted by Crippen LogP contribution is -2.45. The van der Waals surface area contributed by atoms with Gasteiger partial charge in [-0.1, -0.05) is 0 Å². The molecule has 1 amide bonds. The Morgan fingerprint density at radius 3 is 2.16 bits per heavy atom. The molecule has 0 N–H and O–H groups in total. The molecule has 10 heteroatoms. The van der Waals surface area contributed by atoms with Gasteiger partial charge in [0.25, 0.3) is 0 Å². The predicted octanol–water partition coefficient (Wildman–Crippen LogP) is 4.75. The van der Waals surface area contributed by atoms with Crippen molar-refractivity contribution in [2.45, 2.75) is 64.3 Å². The molecule has 2 fully saturated rings. The fraction of sp³-hybridized carbons (Fsp3) is 0.682. The lowest BCUT2D eigenvalue weighted by Gasteiger charge is -2.38. The minimum Gasteiger partial charge on any atom is -0.490 e. The van der Waals surface area contributed by atoms with E-state index in [1.165, 1.54) is 13.2 Å². The van der Waals surface area contributed by atoms with Crippen LogP contribution in [0.1, 0.15) is 46.5 Å². The molecule has 2 aliphatic heterocycles. The van der Waals surface area contributed by atoms with Gasteiger partial charge < -0.3 is 24.0 Å². The quantitative estimate of drug-likeness (QED) is 0.414. The van der Waals surface area contributed by atoms with Crippen LogP contribution in [-0.4, -0.2) is 67.0 Å². The van der Waals surface area contributed by atoms with E-state index in [1.807, 2.05) is 20.8 Å². The molecule has 0 spiro atoms. The van der Waals surface area contributed by atoms with Crippen LogP contribution in [-0.2, 0) is 9.47 Å². The molecular weight excluding hydrogens is 482 g/mol. The molecule has 0 aromatic heterocycles. The highest BCUT2D eigenvalue weighted by atomic mass is 79.9. The van der Waals surface area contributed by atoms with Crippen molar-refractivity contribution in [3.8, 4) is 5.75 Å². The van der Waals surface area contributed by atoms with Gasteiger partial charge in [-0.25, -0.2) is 4.79 Å². The zero-order valence-electron chi connectivity index (χ0n) is 19.1. The molecular formula is C22H32BrN3O6. The smallest absolute Gasteiger partial charge is 0.410 e. The zero-order chi connectivity index (χ0) is 23.5. The first kappa shape index (κ1) is 24.6. The van der Waals surface area contributed by atoms with E-state index in [4.69, 9.17) is 14.2 Å². The van der Waals surface area contributed by atoms with Crippen molar-refractivity contribution in [2.75, 3.05) is 38.2 Å². The number of nitro groups is 1. The molecule has 1 aromatic rings. The SMILES string of the molecule is COc1cc(N2CCC(OC3CCN(C(=O)OC(C)(C)C)CC3)CC2)c(Br)cc1[N+](=O)[O-]. The molecule has 0 unspecified atom stereocenters. The Balaban J connectivity index is 1.49. The first-order valence-corrected chi connectivity index (χ1v) is 11.8. The Morgan fingerprint density at radius 2 is 1.66 bits per heavy atom. The number of benzene rings is 1. The van der Waals surface area contributed by atoms with Crippen molar-refractivity contribution < 1.29 is 23.9 Å². The van der Waals surface area contributed by atoms with Gasteiger partial charge in [-0.15, -0.1) is 0 Å². The van der Waals surface area contributed by atoms with Gasteiger partial charge in [-0.05, 0) is 62.4 Å². The van der Waals surface area contributed by atoms with Crippen molar-refractivity contribution in [1.82, 2.24) is 4.90 Å². The number of likely N-dealkylation sites (tertiary alicyclic amines) is 1. The van der Waals surface area contributed by atoms with Crippen LogP contribution in [0, 0.1) is 10.1 Å². The summed E-state index contributed by atoms with van der Waals surface area (Å²) in [6, 6.07) is 3.21. The Hall–Kier alpha value is -2.07. The predicted molar refractivity (Wildman–Crippen MR) is 124 cm³/mol. The van der Waals surface area contributed by atoms with E-state index < -0.39 is 10.5 Å². The summed E-state index contributed by atoms with van der Waals surface area (Å²) in [6.07, 6.45) is 3.43. The van der Waals surface area contributed by atoms with Crippen LogP contribution in [0.15, 0.2) is 16.6 Å². The van der Waals surface area contributed by atoms with E-state index in [0.29, 0.717) is 17.6 Å². The third-order valence-electron chi connectivity index (χ3n) is 5.71. The van der Waals surface area contributed by atoms with E-state index in [9.17, 15) is 14.9 Å². The maximum Gasteiger partial charge on any atom is 0.410 e. The van der Waals surface area contributed by atoms with Crippen LogP contribution in [0.25, 0.3) is 0 Å². The molecule has 9 nitrogen and oxygen atoms in total. The second-order valence-electron chi connectivity index (χ2n) is 9.22. The molecule has 178 valence electrons. The highest BCUT2D eigenvalue weighted by Gasteiger charge is 2.30. The summed E-state index contributed by atoms with van der Waals surface area (Å²) < 4.78 is 17.7. The van der Waals surface area contributed by atoms with E-state index in [2.05, 4.69) is 20.8 Å². The summed E-state index contributed by atoms with van der Waals surface area (Å²) in [5, 5.41) is 11.2. The molecule has 3 rings (SSSR count). The highest BCUT2D eigenvalue weighted by molar-refractivity contribution is 9.10. The minimum absolute atomic E-state index is 0.0564.